The van der Waals surface area contributed by atoms with Crippen LogP contribution in [0.5, 0.6) is 0 Å². The summed E-state index contributed by atoms with van der Waals surface area (Å²) in [5, 5.41) is 2.91. The lowest BCUT2D eigenvalue weighted by Gasteiger charge is -2.33. The number of nitrogens with zero attached hydrogens (tertiary/aromatic N) is 1. The maximum Gasteiger partial charge on any atom is 0.246 e. The highest BCUT2D eigenvalue weighted by molar-refractivity contribution is 5.78. The van der Waals surface area contributed by atoms with Crippen LogP contribution in [0.15, 0.2) is 30.3 Å². The largest absolute Gasteiger partial charge is 0.362 e. The molecular weight excluding hydrogens is 228 g/mol. The standard InChI is InChI=1S/C14H18N2O2/c17-13-9-18-14(10-15-13)6-7-16(11-14)8-12-4-2-1-3-5-12/h1-5H,6-11H2,(H,15,17)/t14-/m0/s1. The number of hydrogen-bond acceptors (Lipinski definition) is 3. The molecule has 2 heterocycles. The van der Waals surface area contributed by atoms with E-state index in [1.807, 2.05) is 6.07 Å². The SMILES string of the molecule is O=C1CO[C@@]2(CCN(Cc3ccccc3)C2)CN1. The lowest BCUT2D eigenvalue weighted by molar-refractivity contribution is -0.142. The monoisotopic (exact) mass is 246 g/mol. The molecule has 1 aromatic carbocycles. The van der Waals surface area contributed by atoms with E-state index >= 15 is 0 Å². The Balaban J connectivity index is 1.60. The molecule has 2 aliphatic heterocycles. The minimum absolute atomic E-state index is 0.00198. The summed E-state index contributed by atoms with van der Waals surface area (Å²) in [6.07, 6.45) is 1.00. The summed E-state index contributed by atoms with van der Waals surface area (Å²) in [5.74, 6) is 0.00198. The molecule has 1 aromatic rings. The molecule has 0 bridgehead atoms. The Morgan fingerprint density at radius 2 is 2.17 bits per heavy atom. The number of rotatable bonds is 2. The number of ether oxygens (including phenoxy) is 1. The van der Waals surface area contributed by atoms with E-state index in [9.17, 15) is 4.79 Å². The van der Waals surface area contributed by atoms with E-state index in [0.717, 1.165) is 26.1 Å². The third-order valence-electron chi connectivity index (χ3n) is 3.76. The quantitative estimate of drug-likeness (QED) is 0.838. The van der Waals surface area contributed by atoms with Gasteiger partial charge in [-0.2, -0.15) is 0 Å². The number of carbonyl (C=O) groups is 1. The summed E-state index contributed by atoms with van der Waals surface area (Å²) in [6, 6.07) is 10.5. The second-order valence-electron chi connectivity index (χ2n) is 5.19. The zero-order valence-corrected chi connectivity index (χ0v) is 10.4. The van der Waals surface area contributed by atoms with Gasteiger partial charge in [0.25, 0.3) is 0 Å². The summed E-state index contributed by atoms with van der Waals surface area (Å²) < 4.78 is 5.75. The first kappa shape index (κ1) is 11.7. The van der Waals surface area contributed by atoms with E-state index in [1.165, 1.54) is 5.56 Å². The second-order valence-corrected chi connectivity index (χ2v) is 5.19. The van der Waals surface area contributed by atoms with Gasteiger partial charge in [0.1, 0.15) is 6.61 Å². The smallest absolute Gasteiger partial charge is 0.246 e. The molecule has 0 aliphatic carbocycles. The average molecular weight is 246 g/mol. The van der Waals surface area contributed by atoms with Crippen molar-refractivity contribution in [2.24, 2.45) is 0 Å². The van der Waals surface area contributed by atoms with Crippen LogP contribution in [0.4, 0.5) is 0 Å². The van der Waals surface area contributed by atoms with Crippen molar-refractivity contribution in [3.8, 4) is 0 Å². The highest BCUT2D eigenvalue weighted by Gasteiger charge is 2.41. The van der Waals surface area contributed by atoms with Crippen LogP contribution in [0.25, 0.3) is 0 Å². The lowest BCUT2D eigenvalue weighted by Crippen LogP contribution is -2.53. The molecule has 0 saturated carbocycles. The maximum absolute atomic E-state index is 11.1. The predicted molar refractivity (Wildman–Crippen MR) is 68.0 cm³/mol. The first-order valence-electron chi connectivity index (χ1n) is 6.43. The normalized spacial score (nSPS) is 28.6. The van der Waals surface area contributed by atoms with Crippen LogP contribution in [0, 0.1) is 0 Å². The minimum Gasteiger partial charge on any atom is -0.362 e. The van der Waals surface area contributed by atoms with Gasteiger partial charge in [-0.1, -0.05) is 30.3 Å². The number of likely N-dealkylation sites (tertiary alicyclic amines) is 1. The van der Waals surface area contributed by atoms with Gasteiger partial charge in [-0.05, 0) is 12.0 Å². The Kier molecular flexibility index (Phi) is 3.06. The van der Waals surface area contributed by atoms with E-state index < -0.39 is 0 Å². The van der Waals surface area contributed by atoms with Crippen molar-refractivity contribution in [1.29, 1.82) is 0 Å². The fourth-order valence-electron chi connectivity index (χ4n) is 2.75. The van der Waals surface area contributed by atoms with Gasteiger partial charge in [0, 0.05) is 26.2 Å². The van der Waals surface area contributed by atoms with Gasteiger partial charge in [-0.15, -0.1) is 0 Å². The van der Waals surface area contributed by atoms with Crippen LogP contribution in [0.2, 0.25) is 0 Å². The van der Waals surface area contributed by atoms with E-state index in [-0.39, 0.29) is 18.1 Å². The molecule has 0 radical (unpaired) electrons. The van der Waals surface area contributed by atoms with Gasteiger partial charge >= 0.3 is 0 Å². The summed E-state index contributed by atoms with van der Waals surface area (Å²) in [4.78, 5) is 13.5. The van der Waals surface area contributed by atoms with Gasteiger partial charge in [0.05, 0.1) is 5.60 Å². The first-order valence-corrected chi connectivity index (χ1v) is 6.43. The molecule has 1 N–H and O–H groups in total. The van der Waals surface area contributed by atoms with E-state index in [0.29, 0.717) is 6.54 Å². The van der Waals surface area contributed by atoms with E-state index in [2.05, 4.69) is 34.5 Å². The number of carbonyl (C=O) groups excluding carboxylic acids is 1. The fraction of sp³-hybridized carbons (Fsp3) is 0.500. The number of benzene rings is 1. The van der Waals surface area contributed by atoms with Crippen LogP contribution >= 0.6 is 0 Å². The van der Waals surface area contributed by atoms with Crippen molar-refractivity contribution in [2.75, 3.05) is 26.2 Å². The molecule has 0 unspecified atom stereocenters. The molecule has 2 fully saturated rings. The Morgan fingerprint density at radius 3 is 2.89 bits per heavy atom. The van der Waals surface area contributed by atoms with Gasteiger partial charge < -0.3 is 10.1 Å². The molecule has 96 valence electrons. The van der Waals surface area contributed by atoms with Crippen LogP contribution in [0.1, 0.15) is 12.0 Å². The Morgan fingerprint density at radius 1 is 1.33 bits per heavy atom. The highest BCUT2D eigenvalue weighted by atomic mass is 16.5. The van der Waals surface area contributed by atoms with Crippen molar-refractivity contribution < 1.29 is 9.53 Å². The van der Waals surface area contributed by atoms with Crippen molar-refractivity contribution in [1.82, 2.24) is 10.2 Å². The van der Waals surface area contributed by atoms with Gasteiger partial charge in [-0.25, -0.2) is 0 Å². The third-order valence-corrected chi connectivity index (χ3v) is 3.76. The number of amides is 1. The van der Waals surface area contributed by atoms with E-state index in [4.69, 9.17) is 4.74 Å². The van der Waals surface area contributed by atoms with E-state index in [1.54, 1.807) is 0 Å². The van der Waals surface area contributed by atoms with Crippen molar-refractivity contribution in [2.45, 2.75) is 18.6 Å². The number of morpholine rings is 1. The molecule has 1 spiro atoms. The van der Waals surface area contributed by atoms with Crippen LogP contribution in [0.3, 0.4) is 0 Å². The average Bonchev–Trinajstić information content (AvgIpc) is 2.78. The van der Waals surface area contributed by atoms with Crippen LogP contribution in [-0.4, -0.2) is 42.6 Å². The van der Waals surface area contributed by atoms with Gasteiger partial charge in [0.2, 0.25) is 5.91 Å². The van der Waals surface area contributed by atoms with Gasteiger partial charge in [0.15, 0.2) is 0 Å². The Bertz CT molecular complexity index is 423. The van der Waals surface area contributed by atoms with Crippen molar-refractivity contribution >= 4 is 5.91 Å². The highest BCUT2D eigenvalue weighted by Crippen LogP contribution is 2.27. The lowest BCUT2D eigenvalue weighted by atomic mass is 10.0. The fourth-order valence-corrected chi connectivity index (χ4v) is 2.75. The molecule has 1 amide bonds. The number of hydrogen-bond donors (Lipinski definition) is 1. The molecule has 2 aliphatic rings. The minimum atomic E-state index is -0.150. The molecule has 0 aromatic heterocycles. The molecule has 2 saturated heterocycles. The summed E-state index contributed by atoms with van der Waals surface area (Å²) >= 11 is 0. The molecule has 4 nitrogen and oxygen atoms in total. The Hall–Kier alpha value is -1.39. The summed E-state index contributed by atoms with van der Waals surface area (Å²) in [7, 11) is 0. The van der Waals surface area contributed by atoms with Crippen LogP contribution < -0.4 is 5.32 Å². The van der Waals surface area contributed by atoms with Crippen molar-refractivity contribution in [3.63, 3.8) is 0 Å². The molecule has 3 rings (SSSR count). The first-order chi connectivity index (χ1) is 8.76. The predicted octanol–water partition coefficient (Wildman–Crippen LogP) is 0.777. The molecular formula is C14H18N2O2. The summed E-state index contributed by atoms with van der Waals surface area (Å²) in [6.45, 7) is 3.75. The zero-order chi connectivity index (χ0) is 12.4. The van der Waals surface area contributed by atoms with Crippen molar-refractivity contribution in [3.05, 3.63) is 35.9 Å². The third kappa shape index (κ3) is 2.40. The maximum atomic E-state index is 11.1. The topological polar surface area (TPSA) is 41.6 Å². The number of nitrogens with one attached hydrogen (secondary N) is 1. The summed E-state index contributed by atoms with van der Waals surface area (Å²) in [5.41, 5.74) is 1.18. The Labute approximate surface area is 107 Å². The second kappa shape index (κ2) is 4.71. The molecule has 18 heavy (non-hydrogen) atoms. The molecule has 1 atom stereocenters. The van der Waals surface area contributed by atoms with Gasteiger partial charge in [-0.3, -0.25) is 9.69 Å². The van der Waals surface area contributed by atoms with Crippen LogP contribution in [-0.2, 0) is 16.1 Å². The molecule has 4 heteroatoms. The zero-order valence-electron chi connectivity index (χ0n) is 10.4.